The molecule has 0 aliphatic rings. The molecule has 0 fully saturated rings. The Labute approximate surface area is 791 Å². The molecule has 0 aromatic rings. The highest BCUT2D eigenvalue weighted by atomic mass is 19.4. The van der Waals surface area contributed by atoms with Crippen LogP contribution >= 0.6 is 0 Å². The molecule has 0 heterocycles. The van der Waals surface area contributed by atoms with Crippen LogP contribution in [-0.2, 0) is 0 Å². The van der Waals surface area contributed by atoms with Crippen molar-refractivity contribution in [1.29, 1.82) is 0 Å². The Balaban J connectivity index is -0.0000000494. The largest absolute Gasteiger partial charge is 0.391 e. The minimum Gasteiger partial charge on any atom is -0.251 e. The monoisotopic (exact) mass is 1860 g/mol. The molecule has 0 aliphatic carbocycles. The van der Waals surface area contributed by atoms with Gasteiger partial charge in [-0.1, -0.05) is 448 Å². The number of rotatable bonds is 25. The normalized spacial score (nSPS) is 13.1. The lowest BCUT2D eigenvalue weighted by Crippen LogP contribution is -2.42. The molecule has 0 bridgehead atoms. The summed E-state index contributed by atoms with van der Waals surface area (Å²) >= 11 is 0. The lowest BCUT2D eigenvalue weighted by atomic mass is 10.0. The molecule has 0 radical (unpaired) electrons. The predicted molar refractivity (Wildman–Crippen MR) is 546 cm³/mol. The van der Waals surface area contributed by atoms with Crippen molar-refractivity contribution in [1.82, 2.24) is 0 Å². The molecule has 0 saturated heterocycles. The quantitative estimate of drug-likeness (QED) is 0.0631. The van der Waals surface area contributed by atoms with Gasteiger partial charge in [0, 0.05) is 49.4 Å². The van der Waals surface area contributed by atoms with Crippen molar-refractivity contribution in [3.05, 3.63) is 61.5 Å². The molecular weight excluding hydrogens is 1620 g/mol. The highest BCUT2D eigenvalue weighted by molar-refractivity contribution is 4.88. The van der Waals surface area contributed by atoms with Gasteiger partial charge in [0.25, 0.3) is 0 Å². The summed E-state index contributed by atoms with van der Waals surface area (Å²) in [5.41, 5.74) is 0. The van der Waals surface area contributed by atoms with Gasteiger partial charge < -0.3 is 0 Å². The topological polar surface area (TPSA) is 0 Å². The summed E-state index contributed by atoms with van der Waals surface area (Å²) in [6, 6.07) is 0. The summed E-state index contributed by atoms with van der Waals surface area (Å²) in [6.45, 7) is 106. The Hall–Kier alpha value is -2.49. The molecule has 3 atom stereocenters. The van der Waals surface area contributed by atoms with Gasteiger partial charge in [-0.05, 0) is 149 Å². The van der Waals surface area contributed by atoms with E-state index in [1.54, 1.807) is 89.2 Å². The van der Waals surface area contributed by atoms with Crippen molar-refractivity contribution in [2.75, 3.05) is 6.67 Å². The van der Waals surface area contributed by atoms with E-state index in [9.17, 15) is 74.6 Å². The average Bonchev–Trinajstić information content (AvgIpc) is 0.832. The first-order valence-electron chi connectivity index (χ1n) is 50.5. The number of halogens is 17. The lowest BCUT2D eigenvalue weighted by molar-refractivity contribution is -0.220. The Kier molecular flexibility index (Phi) is 149. The van der Waals surface area contributed by atoms with Crippen molar-refractivity contribution in [3.8, 4) is 0 Å². The number of allylic oxidation sites excluding steroid dienone is 7. The van der Waals surface area contributed by atoms with Crippen LogP contribution in [-0.4, -0.2) is 48.9 Å². The highest BCUT2D eigenvalue weighted by Crippen LogP contribution is 2.39. The van der Waals surface area contributed by atoms with E-state index in [-0.39, 0.29) is 76.1 Å². The summed E-state index contributed by atoms with van der Waals surface area (Å²) < 4.78 is 264. The summed E-state index contributed by atoms with van der Waals surface area (Å²) in [5, 5.41) is 0. The highest BCUT2D eigenvalue weighted by Gasteiger charge is 2.54. The molecular formula is C108H233F17. The van der Waals surface area contributed by atoms with Gasteiger partial charge in [-0.15, -0.1) is 6.58 Å². The van der Waals surface area contributed by atoms with Crippen LogP contribution < -0.4 is 0 Å². The number of hydrogen-bond acceptors (Lipinski definition) is 0. The Morgan fingerprint density at radius 2 is 0.696 bits per heavy atom. The first-order valence-corrected chi connectivity index (χ1v) is 45.9. The van der Waals surface area contributed by atoms with Crippen LogP contribution in [0.5, 0.6) is 0 Å². The molecule has 0 aromatic heterocycles. The van der Waals surface area contributed by atoms with E-state index in [1.807, 2.05) is 96.1 Å². The fourth-order valence-electron chi connectivity index (χ4n) is 4.69. The van der Waals surface area contributed by atoms with E-state index in [2.05, 4.69) is 157 Å². The van der Waals surface area contributed by atoms with Gasteiger partial charge in [0.2, 0.25) is 11.8 Å². The van der Waals surface area contributed by atoms with Gasteiger partial charge in [0.1, 0.15) is 0 Å². The Morgan fingerprint density at radius 1 is 0.416 bits per heavy atom. The smallest absolute Gasteiger partial charge is 0.251 e. The standard InChI is InChI=1S/C6H10F4.C6H12F2.C6H13F.C6H11F.4C6H14.C6H12.C5H10F2.C5H11F.C5H9F.C5H11F.C5H9F.2C5H12.C5H10.C4H7F3.2C4H10.2CH4/c1-4(2)6(9,10)5(3,7)8;1-5(2)4-6(3,7)8;2*1-5(2)4-6(3)7;5*1-4-5-6(2)3;1-4(2)5(3,6)7;2*1-5(2)3-4-6;2*1-4(2)5(3)6;3*1-4-5(2)3;1-3(2)4(5,6)7;2*1-4(2)3;;/h4H,1-3H3;5H,4H2,1-3H3;5-6H,4H2,1-3H3;4-5H,1-3H3;4*6H,4-5H2,1-3H3;4-6H,1-3H3;4H,1-3H3;5H,3-4H2,1-2H3;3-5H,1-2H3;4-5H,1-3H3;4H,3H2,1-2H3;2*5H,4H2,1-3H3;4-5H,1H2,2-3H3;3H,1-2H3;2*4H,1-3H3;2*1H4/b;;;6-4+;;;;;5-4-;;;4-3+;;;;;;;;;;/i;;;;4D2,5D2;4D,5D2;4D2;;;;;;;;;;;;;;;. The minimum atomic E-state index is -4.00. The van der Waals surface area contributed by atoms with Gasteiger partial charge >= 0.3 is 18.0 Å². The fourth-order valence-corrected chi connectivity index (χ4v) is 4.69. The van der Waals surface area contributed by atoms with E-state index < -0.39 is 91.9 Å². The molecule has 125 heavy (non-hydrogen) atoms. The minimum absolute atomic E-state index is 0. The van der Waals surface area contributed by atoms with Crippen LogP contribution in [0.3, 0.4) is 0 Å². The maximum Gasteiger partial charge on any atom is 0.391 e. The van der Waals surface area contributed by atoms with Crippen LogP contribution in [0.1, 0.15) is 491 Å². The molecule has 0 saturated carbocycles. The van der Waals surface area contributed by atoms with E-state index >= 15 is 0 Å². The van der Waals surface area contributed by atoms with Gasteiger partial charge in [0.05, 0.1) is 37.0 Å². The molecule has 3 unspecified atom stereocenters. The zero-order chi connectivity index (χ0) is 113. The molecule has 0 N–H and O–H groups in total. The average molecular weight is 1860 g/mol. The van der Waals surface area contributed by atoms with Crippen LogP contribution in [0, 0.1) is 118 Å². The van der Waals surface area contributed by atoms with Crippen LogP contribution in [0.2, 0.25) is 0 Å². The molecule has 784 valence electrons. The molecule has 0 spiro atoms. The summed E-state index contributed by atoms with van der Waals surface area (Å²) in [5.74, 6) is -8.39. The number of alkyl halides is 14. The molecule has 17 heteroatoms. The summed E-state index contributed by atoms with van der Waals surface area (Å²) in [6.07, 6.45) is 5.50. The van der Waals surface area contributed by atoms with Gasteiger partial charge in [-0.25, -0.2) is 48.3 Å². The van der Waals surface area contributed by atoms with Crippen molar-refractivity contribution in [2.45, 2.75) is 521 Å². The molecule has 0 aromatic carbocycles. The summed E-state index contributed by atoms with van der Waals surface area (Å²) in [7, 11) is 0. The Morgan fingerprint density at radius 3 is 0.696 bits per heavy atom. The second kappa shape index (κ2) is 124. The third-order valence-electron chi connectivity index (χ3n) is 12.9. The van der Waals surface area contributed by atoms with Gasteiger partial charge in [0.15, 0.2) is 0 Å². The molecule has 0 aliphatic heterocycles. The first kappa shape index (κ1) is 151. The van der Waals surface area contributed by atoms with E-state index in [1.165, 1.54) is 59.5 Å². The van der Waals surface area contributed by atoms with Gasteiger partial charge in [-0.2, -0.15) is 22.0 Å². The fraction of sp³-hybridized carbons (Fsp3) is 0.907. The SMILES string of the molecule is C.C.C/C(F)=C\C(C)C.C/C=C\C(C)C.C=C(F)C(C)C.C=CC(C)C.CC(C)/C=C/F.CC(C)C.CC(C)C.CC(C)C(C)(F)F.CC(C)C(C)F.CC(C)C(F)(F)C(C)(F)F.CC(C)C(F)(F)F.CC(C)CC(C)(F)F.CC(C)CC(C)F.CC(C)CCF.CCC(C)C.CCC(C)C.CCCC(C)C.[2H]C(C)C([2H])([2H])C(C)C.[2H]C([2H])(C)C([2H])([2H])C(C)C.[2H]C([2H])(C)CC(C)C. The first-order chi connectivity index (χ1) is 57.9. The van der Waals surface area contributed by atoms with Crippen LogP contribution in [0.15, 0.2) is 61.5 Å². The van der Waals surface area contributed by atoms with Crippen molar-refractivity contribution in [3.63, 3.8) is 0 Å². The third-order valence-corrected chi connectivity index (χ3v) is 12.9. The van der Waals surface area contributed by atoms with E-state index in [0.717, 1.165) is 77.0 Å². The van der Waals surface area contributed by atoms with Crippen molar-refractivity contribution >= 4 is 0 Å². The second-order valence-electron chi connectivity index (χ2n) is 38.1. The van der Waals surface area contributed by atoms with Gasteiger partial charge in [-0.3, -0.25) is 4.39 Å². The third kappa shape index (κ3) is 330. The number of hydrogen-bond donors (Lipinski definition) is 0. The Bertz CT molecular complexity index is 2170. The van der Waals surface area contributed by atoms with Crippen molar-refractivity contribution in [2.24, 2.45) is 118 Å². The van der Waals surface area contributed by atoms with Crippen molar-refractivity contribution < 1.29 is 87.0 Å². The molecule has 0 rings (SSSR count). The predicted octanol–water partition coefficient (Wildman–Crippen LogP) is 45.8. The zero-order valence-electron chi connectivity index (χ0n) is 100. The maximum atomic E-state index is 12.3. The zero-order valence-corrected chi connectivity index (χ0v) is 91.4. The van der Waals surface area contributed by atoms with E-state index in [0.29, 0.717) is 61.1 Å². The lowest BCUT2D eigenvalue weighted by Gasteiger charge is -2.26. The molecule has 0 nitrogen and oxygen atoms in total. The maximum absolute atomic E-state index is 12.3. The summed E-state index contributed by atoms with van der Waals surface area (Å²) in [4.78, 5) is 0. The van der Waals surface area contributed by atoms with E-state index in [4.69, 9.17) is 12.3 Å². The second-order valence-corrected chi connectivity index (χ2v) is 38.1. The van der Waals surface area contributed by atoms with Crippen LogP contribution in [0.4, 0.5) is 74.6 Å². The van der Waals surface area contributed by atoms with Crippen LogP contribution in [0.25, 0.3) is 0 Å². The molecule has 0 amide bonds.